The maximum Gasteiger partial charge on any atom is 0.0815 e. The highest BCUT2D eigenvalue weighted by atomic mass is 35.5. The lowest BCUT2D eigenvalue weighted by Crippen LogP contribution is -2.45. The third-order valence-corrected chi connectivity index (χ3v) is 4.34. The van der Waals surface area contributed by atoms with Crippen LogP contribution < -0.4 is 5.32 Å². The molecule has 1 aliphatic heterocycles. The van der Waals surface area contributed by atoms with Crippen molar-refractivity contribution < 1.29 is 9.84 Å². The summed E-state index contributed by atoms with van der Waals surface area (Å²) in [6.07, 6.45) is 1.35. The van der Waals surface area contributed by atoms with Crippen molar-refractivity contribution in [2.45, 2.75) is 31.4 Å². The van der Waals surface area contributed by atoms with E-state index < -0.39 is 5.60 Å². The Labute approximate surface area is 123 Å². The van der Waals surface area contributed by atoms with E-state index in [2.05, 4.69) is 5.32 Å². The summed E-state index contributed by atoms with van der Waals surface area (Å²) >= 11 is 11.9. The van der Waals surface area contributed by atoms with Crippen LogP contribution in [0.15, 0.2) is 18.2 Å². The van der Waals surface area contributed by atoms with Crippen molar-refractivity contribution in [2.75, 3.05) is 19.8 Å². The first-order chi connectivity index (χ1) is 9.00. The predicted octanol–water partition coefficient (Wildman–Crippen LogP) is 3.19. The van der Waals surface area contributed by atoms with Gasteiger partial charge in [0.05, 0.1) is 15.6 Å². The molecule has 1 saturated heterocycles. The van der Waals surface area contributed by atoms with Crippen LogP contribution in [0.2, 0.25) is 10.0 Å². The molecule has 2 rings (SSSR count). The van der Waals surface area contributed by atoms with Gasteiger partial charge in [-0.05, 0) is 24.6 Å². The van der Waals surface area contributed by atoms with Gasteiger partial charge in [0.1, 0.15) is 0 Å². The van der Waals surface area contributed by atoms with E-state index in [0.29, 0.717) is 42.6 Å². The minimum atomic E-state index is -0.664. The van der Waals surface area contributed by atoms with Crippen molar-refractivity contribution in [3.05, 3.63) is 33.8 Å². The third kappa shape index (κ3) is 4.07. The number of hydrogen-bond acceptors (Lipinski definition) is 3. The molecule has 5 heteroatoms. The molecule has 1 aromatic carbocycles. The monoisotopic (exact) mass is 303 g/mol. The molecule has 1 atom stereocenters. The molecular weight excluding hydrogens is 285 g/mol. The van der Waals surface area contributed by atoms with Crippen LogP contribution in [0, 0.1) is 0 Å². The molecule has 1 unspecified atom stereocenters. The molecule has 3 nitrogen and oxygen atoms in total. The molecule has 0 bridgehead atoms. The number of rotatable bonds is 4. The second-order valence-corrected chi connectivity index (χ2v) is 5.93. The quantitative estimate of drug-likeness (QED) is 0.897. The average Bonchev–Trinajstić information content (AvgIpc) is 2.40. The zero-order valence-corrected chi connectivity index (χ0v) is 12.5. The zero-order valence-electron chi connectivity index (χ0n) is 11.0. The van der Waals surface area contributed by atoms with Gasteiger partial charge in [0, 0.05) is 38.6 Å². The summed E-state index contributed by atoms with van der Waals surface area (Å²) in [4.78, 5) is 0. The van der Waals surface area contributed by atoms with Crippen LogP contribution in [-0.2, 0) is 4.74 Å². The van der Waals surface area contributed by atoms with Gasteiger partial charge in [-0.1, -0.05) is 29.3 Å². The van der Waals surface area contributed by atoms with E-state index in [1.165, 1.54) is 0 Å². The molecule has 1 heterocycles. The molecule has 0 saturated carbocycles. The summed E-state index contributed by atoms with van der Waals surface area (Å²) in [5, 5.41) is 14.8. The first-order valence-electron chi connectivity index (χ1n) is 6.49. The summed E-state index contributed by atoms with van der Waals surface area (Å²) in [5.41, 5.74) is 0.396. The fourth-order valence-corrected chi connectivity index (χ4v) is 2.48. The molecule has 1 aromatic rings. The molecule has 106 valence electrons. The Morgan fingerprint density at radius 2 is 2.00 bits per heavy atom. The van der Waals surface area contributed by atoms with E-state index in [4.69, 9.17) is 27.9 Å². The normalized spacial score (nSPS) is 20.2. The van der Waals surface area contributed by atoms with Crippen molar-refractivity contribution >= 4 is 23.2 Å². The number of hydrogen-bond donors (Lipinski definition) is 2. The maximum absolute atomic E-state index is 10.4. The fraction of sp³-hybridized carbons (Fsp3) is 0.571. The van der Waals surface area contributed by atoms with E-state index in [9.17, 15) is 5.11 Å². The lowest BCUT2D eigenvalue weighted by atomic mass is 9.94. The molecule has 0 spiro atoms. The summed E-state index contributed by atoms with van der Waals surface area (Å²) in [6, 6.07) is 5.71. The Morgan fingerprint density at radius 3 is 2.63 bits per heavy atom. The van der Waals surface area contributed by atoms with Crippen LogP contribution in [0.25, 0.3) is 0 Å². The largest absolute Gasteiger partial charge is 0.388 e. The Balaban J connectivity index is 1.93. The number of benzene rings is 1. The molecule has 1 fully saturated rings. The number of halogens is 2. The van der Waals surface area contributed by atoms with Gasteiger partial charge in [0.25, 0.3) is 0 Å². The molecule has 0 aliphatic carbocycles. The Morgan fingerprint density at radius 1 is 1.32 bits per heavy atom. The second-order valence-electron chi connectivity index (χ2n) is 5.11. The minimum absolute atomic E-state index is 0.113. The number of aliphatic hydroxyl groups is 1. The van der Waals surface area contributed by atoms with Crippen LogP contribution in [-0.4, -0.2) is 30.5 Å². The van der Waals surface area contributed by atoms with Crippen LogP contribution in [0.5, 0.6) is 0 Å². The molecule has 0 aromatic heterocycles. The molecule has 19 heavy (non-hydrogen) atoms. The van der Waals surface area contributed by atoms with E-state index in [-0.39, 0.29) is 6.04 Å². The van der Waals surface area contributed by atoms with Gasteiger partial charge in [0.15, 0.2) is 0 Å². The van der Waals surface area contributed by atoms with Crippen molar-refractivity contribution in [3.63, 3.8) is 0 Å². The maximum atomic E-state index is 10.4. The van der Waals surface area contributed by atoms with Crippen molar-refractivity contribution in [3.8, 4) is 0 Å². The van der Waals surface area contributed by atoms with Gasteiger partial charge < -0.3 is 15.2 Å². The average molecular weight is 304 g/mol. The SMILES string of the molecule is CC(NCC1(O)CCOCC1)c1ccc(Cl)c(Cl)c1. The standard InChI is InChI=1S/C14H19Cl2NO2/c1-10(11-2-3-12(15)13(16)8-11)17-9-14(18)4-6-19-7-5-14/h2-3,8,10,17-18H,4-7,9H2,1H3. The Bertz CT molecular complexity index is 433. The topological polar surface area (TPSA) is 41.5 Å². The summed E-state index contributed by atoms with van der Waals surface area (Å²) in [6.45, 7) is 3.85. The van der Waals surface area contributed by atoms with Crippen LogP contribution in [0.4, 0.5) is 0 Å². The highest BCUT2D eigenvalue weighted by molar-refractivity contribution is 6.42. The molecule has 1 aliphatic rings. The highest BCUT2D eigenvalue weighted by Crippen LogP contribution is 2.26. The predicted molar refractivity (Wildman–Crippen MR) is 77.9 cm³/mol. The van der Waals surface area contributed by atoms with Crippen LogP contribution >= 0.6 is 23.2 Å². The van der Waals surface area contributed by atoms with Gasteiger partial charge in [-0.3, -0.25) is 0 Å². The molecular formula is C14H19Cl2NO2. The lowest BCUT2D eigenvalue weighted by Gasteiger charge is -2.33. The van der Waals surface area contributed by atoms with E-state index in [1.54, 1.807) is 6.07 Å². The summed E-state index contributed by atoms with van der Waals surface area (Å²) < 4.78 is 5.27. The van der Waals surface area contributed by atoms with Crippen molar-refractivity contribution in [1.29, 1.82) is 0 Å². The first kappa shape index (κ1) is 15.1. The molecule has 0 radical (unpaired) electrons. The molecule has 0 amide bonds. The van der Waals surface area contributed by atoms with Crippen molar-refractivity contribution in [2.24, 2.45) is 0 Å². The summed E-state index contributed by atoms with van der Waals surface area (Å²) in [7, 11) is 0. The lowest BCUT2D eigenvalue weighted by molar-refractivity contribution is -0.0626. The van der Waals surface area contributed by atoms with Crippen LogP contribution in [0.1, 0.15) is 31.4 Å². The summed E-state index contributed by atoms with van der Waals surface area (Å²) in [5.74, 6) is 0. The highest BCUT2D eigenvalue weighted by Gasteiger charge is 2.29. The van der Waals surface area contributed by atoms with E-state index in [1.807, 2.05) is 19.1 Å². The number of nitrogens with one attached hydrogen (secondary N) is 1. The van der Waals surface area contributed by atoms with Gasteiger partial charge in [-0.25, -0.2) is 0 Å². The zero-order chi connectivity index (χ0) is 13.9. The number of ether oxygens (including phenoxy) is 1. The third-order valence-electron chi connectivity index (χ3n) is 3.60. The smallest absolute Gasteiger partial charge is 0.0815 e. The van der Waals surface area contributed by atoms with Gasteiger partial charge >= 0.3 is 0 Å². The Kier molecular flexibility index (Phi) is 5.09. The van der Waals surface area contributed by atoms with Gasteiger partial charge in [-0.15, -0.1) is 0 Å². The van der Waals surface area contributed by atoms with E-state index in [0.717, 1.165) is 5.56 Å². The van der Waals surface area contributed by atoms with Crippen molar-refractivity contribution in [1.82, 2.24) is 5.32 Å². The van der Waals surface area contributed by atoms with Crippen LogP contribution in [0.3, 0.4) is 0 Å². The fourth-order valence-electron chi connectivity index (χ4n) is 2.17. The Hall–Kier alpha value is -0.320. The minimum Gasteiger partial charge on any atom is -0.388 e. The van der Waals surface area contributed by atoms with E-state index >= 15 is 0 Å². The van der Waals surface area contributed by atoms with Gasteiger partial charge in [-0.2, -0.15) is 0 Å². The van der Waals surface area contributed by atoms with Gasteiger partial charge in [0.2, 0.25) is 0 Å². The molecule has 2 N–H and O–H groups in total. The second kappa shape index (κ2) is 6.42. The first-order valence-corrected chi connectivity index (χ1v) is 7.24.